The maximum Gasteiger partial charge on any atom is 0.318 e. The molecule has 1 aromatic rings. The lowest BCUT2D eigenvalue weighted by Gasteiger charge is -2.23. The largest absolute Gasteiger partial charge is 0.492 e. The molecule has 0 heterocycles. The molecule has 110 valence electrons. The highest BCUT2D eigenvalue weighted by Crippen LogP contribution is 2.15. The minimum absolute atomic E-state index is 0.420. The topological polar surface area (TPSA) is 84.7 Å². The molecule has 1 aromatic carbocycles. The summed E-state index contributed by atoms with van der Waals surface area (Å²) in [6, 6.07) is 6.44. The molecule has 0 bridgehead atoms. The third-order valence-corrected chi connectivity index (χ3v) is 3.08. The lowest BCUT2D eigenvalue weighted by molar-refractivity contribution is -0.124. The molecule has 0 saturated heterocycles. The number of hydrogen-bond donors (Lipinski definition) is 2. The zero-order valence-electron chi connectivity index (χ0n) is 12.1. The predicted octanol–water partition coefficient (Wildman–Crippen LogP) is 0.889. The van der Waals surface area contributed by atoms with Gasteiger partial charge in [-0.05, 0) is 32.5 Å². The summed E-state index contributed by atoms with van der Waals surface area (Å²) < 4.78 is 5.65. The second kappa shape index (κ2) is 7.49. The summed E-state index contributed by atoms with van der Waals surface area (Å²) in [4.78, 5) is 24.0. The van der Waals surface area contributed by atoms with E-state index in [9.17, 15) is 9.59 Å². The summed E-state index contributed by atoms with van der Waals surface area (Å²) in [7, 11) is 1.78. The lowest BCUT2D eigenvalue weighted by atomic mass is 10.2. The van der Waals surface area contributed by atoms with Crippen LogP contribution in [0.1, 0.15) is 12.5 Å². The highest BCUT2D eigenvalue weighted by Gasteiger charge is 2.18. The van der Waals surface area contributed by atoms with Crippen molar-refractivity contribution >= 4 is 11.9 Å². The van der Waals surface area contributed by atoms with Gasteiger partial charge in [0.1, 0.15) is 12.4 Å². The summed E-state index contributed by atoms with van der Waals surface area (Å²) in [6.45, 7) is 4.69. The van der Waals surface area contributed by atoms with E-state index in [0.717, 1.165) is 11.3 Å². The number of hydrogen-bond acceptors (Lipinski definition) is 4. The van der Waals surface area contributed by atoms with Crippen LogP contribution in [0.15, 0.2) is 24.3 Å². The summed E-state index contributed by atoms with van der Waals surface area (Å²) in [5.74, 6) is 0.408. The number of likely N-dealkylation sites (N-methyl/N-ethyl adjacent to an activating group) is 1. The van der Waals surface area contributed by atoms with Crippen LogP contribution in [0.5, 0.6) is 5.75 Å². The number of primary amides is 1. The number of rotatable bonds is 6. The molecule has 3 amide bonds. The van der Waals surface area contributed by atoms with Crippen LogP contribution in [0.3, 0.4) is 0 Å². The van der Waals surface area contributed by atoms with Crippen molar-refractivity contribution in [3.8, 4) is 5.75 Å². The van der Waals surface area contributed by atoms with Gasteiger partial charge in [0.2, 0.25) is 5.91 Å². The van der Waals surface area contributed by atoms with E-state index in [1.807, 2.05) is 31.2 Å². The van der Waals surface area contributed by atoms with Gasteiger partial charge in [0.15, 0.2) is 0 Å². The van der Waals surface area contributed by atoms with Crippen molar-refractivity contribution in [2.24, 2.45) is 5.73 Å². The molecule has 0 radical (unpaired) electrons. The van der Waals surface area contributed by atoms with Crippen molar-refractivity contribution < 1.29 is 14.3 Å². The molecule has 0 aliphatic heterocycles. The van der Waals surface area contributed by atoms with E-state index in [2.05, 4.69) is 5.32 Å². The third kappa shape index (κ3) is 4.89. The third-order valence-electron chi connectivity index (χ3n) is 3.08. The van der Waals surface area contributed by atoms with Gasteiger partial charge in [-0.25, -0.2) is 4.79 Å². The molecule has 0 unspecified atom stereocenters. The van der Waals surface area contributed by atoms with E-state index in [4.69, 9.17) is 10.5 Å². The molecule has 6 heteroatoms. The van der Waals surface area contributed by atoms with Gasteiger partial charge in [0.25, 0.3) is 0 Å². The highest BCUT2D eigenvalue weighted by molar-refractivity contribution is 5.96. The maximum atomic E-state index is 11.6. The molecule has 0 saturated carbocycles. The maximum absolute atomic E-state index is 11.6. The van der Waals surface area contributed by atoms with Crippen molar-refractivity contribution in [2.45, 2.75) is 19.9 Å². The number of nitrogens with one attached hydrogen (secondary N) is 1. The Morgan fingerprint density at radius 3 is 2.65 bits per heavy atom. The SMILES string of the molecule is Cc1ccccc1OCCN(C)[C@H](C)C(=O)NC(N)=O. The average molecular weight is 279 g/mol. The van der Waals surface area contributed by atoms with Crippen molar-refractivity contribution in [3.05, 3.63) is 29.8 Å². The number of aryl methyl sites for hydroxylation is 1. The Labute approximate surface area is 118 Å². The number of amides is 3. The van der Waals surface area contributed by atoms with Gasteiger partial charge in [0.05, 0.1) is 6.04 Å². The van der Waals surface area contributed by atoms with Gasteiger partial charge < -0.3 is 10.5 Å². The van der Waals surface area contributed by atoms with E-state index in [0.29, 0.717) is 13.2 Å². The number of urea groups is 1. The van der Waals surface area contributed by atoms with Gasteiger partial charge >= 0.3 is 6.03 Å². The van der Waals surface area contributed by atoms with E-state index in [1.165, 1.54) is 0 Å². The molecule has 0 fully saturated rings. The van der Waals surface area contributed by atoms with Gasteiger partial charge in [-0.15, -0.1) is 0 Å². The van der Waals surface area contributed by atoms with E-state index < -0.39 is 18.0 Å². The molecule has 20 heavy (non-hydrogen) atoms. The van der Waals surface area contributed by atoms with Crippen LogP contribution in [0.25, 0.3) is 0 Å². The lowest BCUT2D eigenvalue weighted by Crippen LogP contribution is -2.47. The molecule has 1 atom stereocenters. The number of imide groups is 1. The molecule has 1 rings (SSSR count). The van der Waals surface area contributed by atoms with Crippen LogP contribution in [-0.4, -0.2) is 43.1 Å². The Morgan fingerprint density at radius 2 is 2.05 bits per heavy atom. The fourth-order valence-corrected chi connectivity index (χ4v) is 1.64. The number of nitrogens with zero attached hydrogens (tertiary/aromatic N) is 1. The fraction of sp³-hybridized carbons (Fsp3) is 0.429. The number of nitrogens with two attached hydrogens (primary N) is 1. The summed E-state index contributed by atoms with van der Waals surface area (Å²) in [5, 5.41) is 2.06. The van der Waals surface area contributed by atoms with Crippen LogP contribution in [-0.2, 0) is 4.79 Å². The van der Waals surface area contributed by atoms with Gasteiger partial charge in [-0.1, -0.05) is 18.2 Å². The molecular weight excluding hydrogens is 258 g/mol. The minimum atomic E-state index is -0.841. The molecule has 6 nitrogen and oxygen atoms in total. The first-order valence-corrected chi connectivity index (χ1v) is 6.40. The quantitative estimate of drug-likeness (QED) is 0.810. The molecule has 0 aliphatic carbocycles. The summed E-state index contributed by atoms with van der Waals surface area (Å²) >= 11 is 0. The van der Waals surface area contributed by atoms with Gasteiger partial charge in [-0.3, -0.25) is 15.0 Å². The van der Waals surface area contributed by atoms with Crippen molar-refractivity contribution in [2.75, 3.05) is 20.2 Å². The van der Waals surface area contributed by atoms with Gasteiger partial charge in [-0.2, -0.15) is 0 Å². The molecular formula is C14H21N3O3. The van der Waals surface area contributed by atoms with E-state index in [-0.39, 0.29) is 0 Å². The monoisotopic (exact) mass is 279 g/mol. The first-order chi connectivity index (χ1) is 9.41. The number of benzene rings is 1. The first kappa shape index (κ1) is 16.0. The second-order valence-electron chi connectivity index (χ2n) is 4.62. The number of para-hydroxylation sites is 1. The standard InChI is InChI=1S/C14H21N3O3/c1-10-6-4-5-7-12(10)20-9-8-17(3)11(2)13(18)16-14(15)19/h4-7,11H,8-9H2,1-3H3,(H3,15,16,18,19)/t11-/m1/s1. The number of ether oxygens (including phenoxy) is 1. The molecule has 0 spiro atoms. The highest BCUT2D eigenvalue weighted by atomic mass is 16.5. The summed E-state index contributed by atoms with van der Waals surface area (Å²) in [6.07, 6.45) is 0. The van der Waals surface area contributed by atoms with Crippen molar-refractivity contribution in [3.63, 3.8) is 0 Å². The molecule has 0 aromatic heterocycles. The van der Waals surface area contributed by atoms with Crippen LogP contribution in [0.4, 0.5) is 4.79 Å². The Balaban J connectivity index is 2.39. The molecule has 0 aliphatic rings. The Morgan fingerprint density at radius 1 is 1.40 bits per heavy atom. The second-order valence-corrected chi connectivity index (χ2v) is 4.62. The first-order valence-electron chi connectivity index (χ1n) is 6.40. The van der Waals surface area contributed by atoms with E-state index in [1.54, 1.807) is 18.9 Å². The van der Waals surface area contributed by atoms with Gasteiger partial charge in [0, 0.05) is 6.54 Å². The minimum Gasteiger partial charge on any atom is -0.492 e. The zero-order valence-corrected chi connectivity index (χ0v) is 12.1. The smallest absolute Gasteiger partial charge is 0.318 e. The number of carbonyl (C=O) groups excluding carboxylic acids is 2. The van der Waals surface area contributed by atoms with Crippen LogP contribution in [0.2, 0.25) is 0 Å². The molecule has 3 N–H and O–H groups in total. The van der Waals surface area contributed by atoms with Crippen molar-refractivity contribution in [1.82, 2.24) is 10.2 Å². The van der Waals surface area contributed by atoms with Crippen LogP contribution >= 0.6 is 0 Å². The Hall–Kier alpha value is -2.08. The van der Waals surface area contributed by atoms with Crippen LogP contribution in [0, 0.1) is 6.92 Å². The predicted molar refractivity (Wildman–Crippen MR) is 76.5 cm³/mol. The Kier molecular flexibility index (Phi) is 5.99. The van der Waals surface area contributed by atoms with Crippen LogP contribution < -0.4 is 15.8 Å². The van der Waals surface area contributed by atoms with Crippen molar-refractivity contribution in [1.29, 1.82) is 0 Å². The summed E-state index contributed by atoms with van der Waals surface area (Å²) in [5.41, 5.74) is 5.97. The fourth-order valence-electron chi connectivity index (χ4n) is 1.64. The average Bonchev–Trinajstić information content (AvgIpc) is 2.39. The Bertz CT molecular complexity index is 476. The van der Waals surface area contributed by atoms with E-state index >= 15 is 0 Å². The normalized spacial score (nSPS) is 12.0. The number of carbonyl (C=O) groups is 2. The zero-order chi connectivity index (χ0) is 15.1.